The second-order valence-electron chi connectivity index (χ2n) is 7.94. The van der Waals surface area contributed by atoms with Gasteiger partial charge in [-0.1, -0.05) is 17.7 Å². The van der Waals surface area contributed by atoms with E-state index in [-0.39, 0.29) is 19.0 Å². The predicted octanol–water partition coefficient (Wildman–Crippen LogP) is 4.19. The first kappa shape index (κ1) is 20.6. The second-order valence-corrected chi connectivity index (χ2v) is 9.03. The van der Waals surface area contributed by atoms with Crippen molar-refractivity contribution in [3.63, 3.8) is 0 Å². The number of nitrogen functional groups attached to an aromatic ring is 1. The zero-order valence-corrected chi connectivity index (χ0v) is 18.6. The van der Waals surface area contributed by atoms with Gasteiger partial charge < -0.3 is 14.9 Å². The summed E-state index contributed by atoms with van der Waals surface area (Å²) >= 11 is 1.67. The van der Waals surface area contributed by atoms with Crippen LogP contribution in [-0.4, -0.2) is 26.1 Å². The molecule has 164 valence electrons. The fourth-order valence-electron chi connectivity index (χ4n) is 3.89. The van der Waals surface area contributed by atoms with Crippen LogP contribution in [0, 0.1) is 6.92 Å². The van der Waals surface area contributed by atoms with Crippen LogP contribution < -0.4 is 5.73 Å². The Labute approximate surface area is 188 Å². The molecule has 0 atom stereocenters. The molecule has 1 aliphatic carbocycles. The van der Waals surface area contributed by atoms with Crippen LogP contribution >= 0.6 is 11.3 Å². The number of ether oxygens (including phenoxy) is 1. The van der Waals surface area contributed by atoms with Gasteiger partial charge in [0.1, 0.15) is 10.6 Å². The number of esters is 1. The number of nitrogens with two attached hydrogens (primary N) is 1. The predicted molar refractivity (Wildman–Crippen MR) is 121 cm³/mol. The molecular formula is C23H23N5O3S. The topological polar surface area (TPSA) is 117 Å². The highest BCUT2D eigenvalue weighted by Crippen LogP contribution is 2.37. The number of aromatic nitrogens is 4. The first-order valence-corrected chi connectivity index (χ1v) is 11.5. The fraction of sp³-hybridized carbons (Fsp3) is 0.348. The van der Waals surface area contributed by atoms with E-state index in [1.54, 1.807) is 11.3 Å². The average molecular weight is 450 g/mol. The lowest BCUT2D eigenvalue weighted by molar-refractivity contribution is -0.145. The minimum Gasteiger partial charge on any atom is -0.457 e. The van der Waals surface area contributed by atoms with Gasteiger partial charge in [-0.3, -0.25) is 4.79 Å². The van der Waals surface area contributed by atoms with E-state index in [2.05, 4.69) is 20.2 Å². The van der Waals surface area contributed by atoms with E-state index < -0.39 is 0 Å². The van der Waals surface area contributed by atoms with Crippen molar-refractivity contribution in [1.82, 2.24) is 20.2 Å². The Morgan fingerprint density at radius 1 is 1.16 bits per heavy atom. The summed E-state index contributed by atoms with van der Waals surface area (Å²) in [6.07, 6.45) is 4.90. The summed E-state index contributed by atoms with van der Waals surface area (Å²) in [5, 5.41) is 9.04. The van der Waals surface area contributed by atoms with Gasteiger partial charge in [-0.2, -0.15) is 0 Å². The molecule has 4 aromatic rings. The van der Waals surface area contributed by atoms with Crippen molar-refractivity contribution in [2.45, 2.75) is 52.1 Å². The van der Waals surface area contributed by atoms with Gasteiger partial charge in [0, 0.05) is 16.9 Å². The van der Waals surface area contributed by atoms with E-state index in [0.717, 1.165) is 34.2 Å². The van der Waals surface area contributed by atoms with Crippen LogP contribution in [0.1, 0.15) is 47.0 Å². The van der Waals surface area contributed by atoms with E-state index >= 15 is 0 Å². The van der Waals surface area contributed by atoms with E-state index in [9.17, 15) is 4.79 Å². The van der Waals surface area contributed by atoms with Gasteiger partial charge in [0.2, 0.25) is 11.8 Å². The number of anilines is 1. The minimum atomic E-state index is -0.382. The number of hydrogen-bond donors (Lipinski definition) is 1. The number of carbonyl (C=O) groups is 1. The number of nitrogens with zero attached hydrogens (tertiary/aromatic N) is 4. The Kier molecular flexibility index (Phi) is 5.57. The Morgan fingerprint density at radius 2 is 1.97 bits per heavy atom. The average Bonchev–Trinajstić information content (AvgIpc) is 3.41. The number of thiophene rings is 1. The Bertz CT molecular complexity index is 1280. The van der Waals surface area contributed by atoms with E-state index in [1.165, 1.54) is 23.3 Å². The monoisotopic (exact) mass is 449 g/mol. The molecule has 0 spiro atoms. The van der Waals surface area contributed by atoms with Crippen molar-refractivity contribution in [3.8, 4) is 11.5 Å². The molecule has 8 nitrogen and oxygen atoms in total. The maximum absolute atomic E-state index is 12.2. The minimum absolute atomic E-state index is 0.0139. The molecular weight excluding hydrogens is 426 g/mol. The molecule has 0 fully saturated rings. The molecule has 3 heterocycles. The van der Waals surface area contributed by atoms with Crippen LogP contribution in [0.4, 0.5) is 5.82 Å². The largest absolute Gasteiger partial charge is 0.457 e. The molecule has 0 amide bonds. The lowest BCUT2D eigenvalue weighted by Gasteiger charge is -2.10. The summed E-state index contributed by atoms with van der Waals surface area (Å²) in [6.45, 7) is 2.00. The Hall–Kier alpha value is -3.33. The third-order valence-corrected chi connectivity index (χ3v) is 6.75. The standard InChI is InChI=1S/C23H23N5O3S/c1-13-6-8-14(9-7-13)22-28-27-18(31-22)10-11-19(29)30-12-17-25-21(24)20-15-4-2-3-5-16(15)32-23(20)26-17/h6-9H,2-5,10-12H2,1H3,(H2,24,25,26). The number of benzene rings is 1. The van der Waals surface area contributed by atoms with Gasteiger partial charge in [-0.25, -0.2) is 9.97 Å². The zero-order valence-electron chi connectivity index (χ0n) is 17.8. The van der Waals surface area contributed by atoms with Crippen LogP contribution in [0.15, 0.2) is 28.7 Å². The van der Waals surface area contributed by atoms with Gasteiger partial charge in [0.15, 0.2) is 12.4 Å². The number of hydrogen-bond acceptors (Lipinski definition) is 9. The third-order valence-electron chi connectivity index (χ3n) is 5.56. The molecule has 1 aromatic carbocycles. The lowest BCUT2D eigenvalue weighted by atomic mass is 9.97. The Morgan fingerprint density at radius 3 is 2.81 bits per heavy atom. The highest BCUT2D eigenvalue weighted by molar-refractivity contribution is 7.19. The highest BCUT2D eigenvalue weighted by Gasteiger charge is 2.20. The third kappa shape index (κ3) is 4.20. The number of aryl methyl sites for hydroxylation is 4. The maximum Gasteiger partial charge on any atom is 0.306 e. The summed E-state index contributed by atoms with van der Waals surface area (Å²) in [5.74, 6) is 1.33. The van der Waals surface area contributed by atoms with Crippen LogP contribution in [0.3, 0.4) is 0 Å². The summed E-state index contributed by atoms with van der Waals surface area (Å²) < 4.78 is 11.0. The summed E-state index contributed by atoms with van der Waals surface area (Å²) in [5.41, 5.74) is 9.50. The van der Waals surface area contributed by atoms with Gasteiger partial charge in [-0.15, -0.1) is 21.5 Å². The van der Waals surface area contributed by atoms with Gasteiger partial charge >= 0.3 is 5.97 Å². The van der Waals surface area contributed by atoms with Gasteiger partial charge in [-0.05, 0) is 50.3 Å². The Balaban J connectivity index is 1.18. The van der Waals surface area contributed by atoms with Crippen LogP contribution in [0.25, 0.3) is 21.7 Å². The molecule has 32 heavy (non-hydrogen) atoms. The van der Waals surface area contributed by atoms with E-state index in [0.29, 0.717) is 29.8 Å². The van der Waals surface area contributed by atoms with Crippen molar-refractivity contribution in [1.29, 1.82) is 0 Å². The molecule has 5 rings (SSSR count). The highest BCUT2D eigenvalue weighted by atomic mass is 32.1. The summed E-state index contributed by atoms with van der Waals surface area (Å²) in [6, 6.07) is 7.81. The number of fused-ring (bicyclic) bond motifs is 3. The normalized spacial score (nSPS) is 13.3. The molecule has 0 bridgehead atoms. The first-order chi connectivity index (χ1) is 15.6. The van der Waals surface area contributed by atoms with Crippen molar-refractivity contribution in [2.75, 3.05) is 5.73 Å². The molecule has 3 aromatic heterocycles. The smallest absolute Gasteiger partial charge is 0.306 e. The summed E-state index contributed by atoms with van der Waals surface area (Å²) in [4.78, 5) is 23.4. The van der Waals surface area contributed by atoms with Crippen molar-refractivity contribution in [3.05, 3.63) is 52.0 Å². The van der Waals surface area contributed by atoms with E-state index in [1.807, 2.05) is 31.2 Å². The van der Waals surface area contributed by atoms with Crippen LogP contribution in [-0.2, 0) is 35.4 Å². The molecule has 0 saturated carbocycles. The first-order valence-electron chi connectivity index (χ1n) is 10.7. The molecule has 0 unspecified atom stereocenters. The molecule has 9 heteroatoms. The van der Waals surface area contributed by atoms with Gasteiger partial charge in [0.25, 0.3) is 0 Å². The van der Waals surface area contributed by atoms with Crippen LogP contribution in [0.5, 0.6) is 0 Å². The quantitative estimate of drug-likeness (QED) is 0.436. The lowest BCUT2D eigenvalue weighted by Crippen LogP contribution is -2.09. The number of rotatable bonds is 6. The van der Waals surface area contributed by atoms with Gasteiger partial charge in [0.05, 0.1) is 11.8 Å². The molecule has 2 N–H and O–H groups in total. The molecule has 1 aliphatic rings. The second kappa shape index (κ2) is 8.66. The SMILES string of the molecule is Cc1ccc(-c2nnc(CCC(=O)OCc3nc(N)c4c5c(sc4n3)CCCC5)o2)cc1. The number of carbonyl (C=O) groups excluding carboxylic acids is 1. The molecule has 0 aliphatic heterocycles. The molecule has 0 saturated heterocycles. The van der Waals surface area contributed by atoms with Crippen molar-refractivity contribution in [2.24, 2.45) is 0 Å². The fourth-order valence-corrected chi connectivity index (χ4v) is 5.18. The zero-order chi connectivity index (χ0) is 22.1. The van der Waals surface area contributed by atoms with Crippen LogP contribution in [0.2, 0.25) is 0 Å². The molecule has 0 radical (unpaired) electrons. The summed E-state index contributed by atoms with van der Waals surface area (Å²) in [7, 11) is 0. The van der Waals surface area contributed by atoms with Crippen molar-refractivity contribution < 1.29 is 13.9 Å². The van der Waals surface area contributed by atoms with E-state index in [4.69, 9.17) is 14.9 Å². The maximum atomic E-state index is 12.2. The van der Waals surface area contributed by atoms with Crippen molar-refractivity contribution >= 4 is 33.3 Å².